The Morgan fingerprint density at radius 3 is 2.12 bits per heavy atom. The topological polar surface area (TPSA) is 63.7 Å². The molecule has 0 N–H and O–H groups in total. The monoisotopic (exact) mass is 501 g/mol. The zero-order valence-electron chi connectivity index (χ0n) is 18.0. The number of rotatable bonds is 3. The first kappa shape index (κ1) is 20.4. The van der Waals surface area contributed by atoms with Gasteiger partial charge in [-0.1, -0.05) is 64.5 Å². The van der Waals surface area contributed by atoms with Crippen LogP contribution in [0.25, 0.3) is 0 Å². The number of amides is 2. The van der Waals surface area contributed by atoms with Crippen LogP contribution in [0.15, 0.2) is 66.7 Å². The molecule has 1 fully saturated rings. The molecule has 5 nitrogen and oxygen atoms in total. The summed E-state index contributed by atoms with van der Waals surface area (Å²) >= 11 is 3.99. The lowest BCUT2D eigenvalue weighted by atomic mass is 9.55. The number of carbonyl (C=O) groups is 3. The van der Waals surface area contributed by atoms with Gasteiger partial charge in [-0.25, -0.2) is 4.90 Å². The molecule has 2 bridgehead atoms. The van der Waals surface area contributed by atoms with Crippen molar-refractivity contribution in [2.75, 3.05) is 12.0 Å². The third-order valence-corrected chi connectivity index (χ3v) is 8.69. The second kappa shape index (κ2) is 6.87. The molecule has 3 aromatic rings. The number of nitrogens with zero attached hydrogens (tertiary/aromatic N) is 1. The number of carbonyl (C=O) groups excluding carboxylic acids is 3. The predicted octanol–water partition coefficient (Wildman–Crippen LogP) is 4.80. The zero-order valence-corrected chi connectivity index (χ0v) is 19.6. The number of ether oxygens (including phenoxy) is 1. The fourth-order valence-corrected chi connectivity index (χ4v) is 7.20. The van der Waals surface area contributed by atoms with E-state index in [1.165, 1.54) is 18.9 Å². The van der Waals surface area contributed by atoms with Gasteiger partial charge >= 0.3 is 0 Å². The quantitative estimate of drug-likeness (QED) is 0.293. The summed E-state index contributed by atoms with van der Waals surface area (Å²) in [5, 5.41) is 0. The number of Topliss-reactive ketones (excluding diaryl/α,β-unsaturated/α-hetero) is 1. The summed E-state index contributed by atoms with van der Waals surface area (Å²) < 4.78 is 4.68. The molecule has 1 saturated heterocycles. The first-order chi connectivity index (χ1) is 15.9. The van der Waals surface area contributed by atoms with Crippen LogP contribution in [0.1, 0.15) is 45.5 Å². The van der Waals surface area contributed by atoms with Crippen molar-refractivity contribution in [1.82, 2.24) is 0 Å². The van der Waals surface area contributed by atoms with Gasteiger partial charge in [0.15, 0.2) is 5.78 Å². The van der Waals surface area contributed by atoms with Gasteiger partial charge in [0.1, 0.15) is 5.75 Å². The van der Waals surface area contributed by atoms with E-state index in [0.29, 0.717) is 17.0 Å². The van der Waals surface area contributed by atoms with Crippen LogP contribution in [0.5, 0.6) is 5.75 Å². The van der Waals surface area contributed by atoms with Crippen LogP contribution in [0.3, 0.4) is 0 Å². The van der Waals surface area contributed by atoms with E-state index in [-0.39, 0.29) is 23.5 Å². The number of benzene rings is 3. The van der Waals surface area contributed by atoms with E-state index in [4.69, 9.17) is 4.74 Å². The second-order valence-electron chi connectivity index (χ2n) is 8.82. The highest BCUT2D eigenvalue weighted by atomic mass is 79.9. The average molecular weight is 502 g/mol. The lowest BCUT2D eigenvalue weighted by Gasteiger charge is -2.51. The minimum Gasteiger partial charge on any atom is -0.495 e. The largest absolute Gasteiger partial charge is 0.495 e. The van der Waals surface area contributed by atoms with E-state index >= 15 is 0 Å². The lowest BCUT2D eigenvalue weighted by molar-refractivity contribution is -0.122. The van der Waals surface area contributed by atoms with E-state index in [1.54, 1.807) is 18.2 Å². The van der Waals surface area contributed by atoms with Crippen LogP contribution in [0.4, 0.5) is 5.69 Å². The molecule has 1 heterocycles. The molecule has 0 unspecified atom stereocenters. The van der Waals surface area contributed by atoms with Crippen LogP contribution >= 0.6 is 15.9 Å². The van der Waals surface area contributed by atoms with Gasteiger partial charge in [-0.15, -0.1) is 0 Å². The van der Waals surface area contributed by atoms with E-state index < -0.39 is 16.2 Å². The van der Waals surface area contributed by atoms with E-state index in [9.17, 15) is 14.4 Å². The molecule has 3 aromatic carbocycles. The SMILES string of the molecule is COc1ccc(C(C)=O)cc1N1C(=O)[C@@H]2C3c4ccccc4C(Br)(c4ccccc43)[C@@H]2C1=O. The molecule has 2 amide bonds. The normalized spacial score (nSPS) is 26.6. The summed E-state index contributed by atoms with van der Waals surface area (Å²) in [4.78, 5) is 41.3. The molecular formula is C27H20BrNO4. The Balaban J connectivity index is 1.59. The molecule has 164 valence electrons. The molecule has 0 saturated carbocycles. The van der Waals surface area contributed by atoms with E-state index in [0.717, 1.165) is 22.3 Å². The van der Waals surface area contributed by atoms with Crippen molar-refractivity contribution in [1.29, 1.82) is 0 Å². The molecule has 0 spiro atoms. The molecule has 3 aliphatic carbocycles. The fraction of sp³-hybridized carbons (Fsp3) is 0.222. The van der Waals surface area contributed by atoms with Crippen molar-refractivity contribution >= 4 is 39.2 Å². The summed E-state index contributed by atoms with van der Waals surface area (Å²) in [6.07, 6.45) is 0. The van der Waals surface area contributed by atoms with Crippen molar-refractivity contribution < 1.29 is 19.1 Å². The van der Waals surface area contributed by atoms with Gasteiger partial charge in [-0.05, 0) is 47.4 Å². The van der Waals surface area contributed by atoms with Crippen LogP contribution < -0.4 is 9.64 Å². The third-order valence-electron chi connectivity index (χ3n) is 7.34. The number of imide groups is 1. The van der Waals surface area contributed by atoms with Gasteiger partial charge in [0.25, 0.3) is 0 Å². The standard InChI is InChI=1S/C27H20BrNO4/c1-14(30)15-11-12-21(33-2)20(13-15)29-25(31)23-22-16-7-3-5-9-18(16)27(28,24(23)26(29)32)19-10-6-4-8-17(19)22/h3-13,22-24H,1-2H3/t22?,23-,24+,27?/m1/s1. The summed E-state index contributed by atoms with van der Waals surface area (Å²) in [5.74, 6) is -1.68. The maximum Gasteiger partial charge on any atom is 0.239 e. The highest BCUT2D eigenvalue weighted by Gasteiger charge is 2.67. The summed E-state index contributed by atoms with van der Waals surface area (Å²) in [6.45, 7) is 1.46. The maximum atomic E-state index is 14.0. The van der Waals surface area contributed by atoms with Crippen molar-refractivity contribution in [2.24, 2.45) is 11.8 Å². The van der Waals surface area contributed by atoms with Crippen LogP contribution in [-0.4, -0.2) is 24.7 Å². The molecule has 0 radical (unpaired) electrons. The van der Waals surface area contributed by atoms with Gasteiger partial charge in [-0.3, -0.25) is 14.4 Å². The molecule has 1 aliphatic heterocycles. The highest BCUT2D eigenvalue weighted by Crippen LogP contribution is 2.66. The number of alkyl halides is 1. The number of ketones is 1. The van der Waals surface area contributed by atoms with Gasteiger partial charge in [0.2, 0.25) is 11.8 Å². The Morgan fingerprint density at radius 1 is 0.939 bits per heavy atom. The summed E-state index contributed by atoms with van der Waals surface area (Å²) in [6, 6.07) is 21.0. The Labute approximate surface area is 199 Å². The number of hydrogen-bond donors (Lipinski definition) is 0. The van der Waals surface area contributed by atoms with E-state index in [1.807, 2.05) is 36.4 Å². The van der Waals surface area contributed by atoms with E-state index in [2.05, 4.69) is 28.1 Å². The highest BCUT2D eigenvalue weighted by molar-refractivity contribution is 9.09. The molecule has 4 aliphatic rings. The molecular weight excluding hydrogens is 482 g/mol. The Morgan fingerprint density at radius 2 is 1.55 bits per heavy atom. The van der Waals surface area contributed by atoms with Gasteiger partial charge in [0.05, 0.1) is 29.0 Å². The molecule has 2 atom stereocenters. The lowest BCUT2D eigenvalue weighted by Crippen LogP contribution is -2.50. The fourth-order valence-electron chi connectivity index (χ4n) is 6.00. The van der Waals surface area contributed by atoms with Gasteiger partial charge in [0, 0.05) is 11.5 Å². The Bertz CT molecular complexity index is 1330. The number of anilines is 1. The molecule has 7 rings (SSSR count). The first-order valence-electron chi connectivity index (χ1n) is 10.8. The van der Waals surface area contributed by atoms with Gasteiger partial charge in [-0.2, -0.15) is 0 Å². The minimum atomic E-state index is -0.813. The smallest absolute Gasteiger partial charge is 0.239 e. The average Bonchev–Trinajstić information content (AvgIpc) is 3.10. The Kier molecular flexibility index (Phi) is 4.24. The first-order valence-corrected chi connectivity index (χ1v) is 11.6. The third kappa shape index (κ3) is 2.44. The molecule has 33 heavy (non-hydrogen) atoms. The van der Waals surface area contributed by atoms with Crippen molar-refractivity contribution in [3.8, 4) is 5.75 Å². The van der Waals surface area contributed by atoms with Gasteiger partial charge < -0.3 is 4.74 Å². The second-order valence-corrected chi connectivity index (χ2v) is 10.1. The number of methoxy groups -OCH3 is 1. The van der Waals surface area contributed by atoms with Crippen LogP contribution in [0, 0.1) is 11.8 Å². The minimum absolute atomic E-state index is 0.146. The predicted molar refractivity (Wildman–Crippen MR) is 127 cm³/mol. The van der Waals surface area contributed by atoms with Crippen LogP contribution in [-0.2, 0) is 13.9 Å². The van der Waals surface area contributed by atoms with Crippen molar-refractivity contribution in [3.63, 3.8) is 0 Å². The van der Waals surface area contributed by atoms with Crippen LogP contribution in [0.2, 0.25) is 0 Å². The Hall–Kier alpha value is -3.25. The van der Waals surface area contributed by atoms with Crippen molar-refractivity contribution in [3.05, 3.63) is 94.5 Å². The molecule has 6 heteroatoms. The number of halogens is 1. The zero-order chi connectivity index (χ0) is 23.1. The summed E-state index contributed by atoms with van der Waals surface area (Å²) in [7, 11) is 1.49. The summed E-state index contributed by atoms with van der Waals surface area (Å²) in [5.41, 5.74) is 4.94. The van der Waals surface area contributed by atoms with Crippen molar-refractivity contribution in [2.45, 2.75) is 17.2 Å². The maximum absolute atomic E-state index is 14.0. The molecule has 0 aromatic heterocycles. The number of hydrogen-bond acceptors (Lipinski definition) is 4.